The maximum Gasteiger partial charge on any atom is 0.262 e. The standard InChI is InChI=1S/C29H40ClN3O5S/c1-20-16-33(21(2)19-34)29(35)25-10-7-11-26(31-39(36,37)24-14-12-23(30)13-15-24)28(25)38-27(20)18-32(3)17-22-8-5-4-6-9-22/h7,10-15,20-22,27,31,34H,4-6,8-9,16-19H2,1-3H3/t20-,21+,27-/m1/s1. The molecule has 0 aromatic heterocycles. The lowest BCUT2D eigenvalue weighted by Crippen LogP contribution is -2.50. The van der Waals surface area contributed by atoms with E-state index in [1.807, 2.05) is 13.8 Å². The van der Waals surface area contributed by atoms with E-state index in [1.54, 1.807) is 23.1 Å². The molecule has 1 saturated carbocycles. The molecule has 1 amide bonds. The number of hydrogen-bond acceptors (Lipinski definition) is 6. The van der Waals surface area contributed by atoms with E-state index >= 15 is 0 Å². The van der Waals surface area contributed by atoms with Gasteiger partial charge in [-0.3, -0.25) is 9.52 Å². The second-order valence-corrected chi connectivity index (χ2v) is 13.2. The lowest BCUT2D eigenvalue weighted by atomic mass is 9.89. The number of carbonyl (C=O) groups is 1. The number of likely N-dealkylation sites (N-methyl/N-ethyl adjacent to an activating group) is 1. The number of fused-ring (bicyclic) bond motifs is 1. The number of ether oxygens (including phenoxy) is 1. The number of para-hydroxylation sites is 1. The normalized spacial score (nSPS) is 21.6. The summed E-state index contributed by atoms with van der Waals surface area (Å²) in [5, 5.41) is 10.3. The zero-order valence-electron chi connectivity index (χ0n) is 23.0. The molecule has 2 aliphatic rings. The quantitative estimate of drug-likeness (QED) is 0.441. The number of halogens is 1. The first kappa shape index (κ1) is 29.6. The van der Waals surface area contributed by atoms with Crippen molar-refractivity contribution in [1.82, 2.24) is 9.80 Å². The second kappa shape index (κ2) is 12.9. The number of amides is 1. The Morgan fingerprint density at radius 2 is 1.82 bits per heavy atom. The van der Waals surface area contributed by atoms with Crippen LogP contribution in [0.1, 0.15) is 56.3 Å². The van der Waals surface area contributed by atoms with Gasteiger partial charge >= 0.3 is 0 Å². The third kappa shape index (κ3) is 7.25. The van der Waals surface area contributed by atoms with Crippen LogP contribution in [-0.2, 0) is 10.0 Å². The van der Waals surface area contributed by atoms with Gasteiger partial charge in [0.15, 0.2) is 5.75 Å². The van der Waals surface area contributed by atoms with E-state index in [1.165, 1.54) is 56.4 Å². The number of hydrogen-bond donors (Lipinski definition) is 2. The van der Waals surface area contributed by atoms with Gasteiger partial charge in [-0.15, -0.1) is 0 Å². The molecule has 0 saturated heterocycles. The number of nitrogens with zero attached hydrogens (tertiary/aromatic N) is 2. The molecular weight excluding hydrogens is 538 g/mol. The summed E-state index contributed by atoms with van der Waals surface area (Å²) in [4.78, 5) is 17.7. The maximum absolute atomic E-state index is 13.7. The first-order valence-corrected chi connectivity index (χ1v) is 15.6. The third-order valence-electron chi connectivity index (χ3n) is 7.85. The summed E-state index contributed by atoms with van der Waals surface area (Å²) in [7, 11) is -1.88. The van der Waals surface area contributed by atoms with Crippen LogP contribution in [-0.4, -0.2) is 74.7 Å². The van der Waals surface area contributed by atoms with Crippen molar-refractivity contribution in [3.63, 3.8) is 0 Å². The molecule has 3 atom stereocenters. The Morgan fingerprint density at radius 1 is 1.13 bits per heavy atom. The Hall–Kier alpha value is -2.33. The van der Waals surface area contributed by atoms with Crippen LogP contribution in [0.3, 0.4) is 0 Å². The Kier molecular flexibility index (Phi) is 9.80. The summed E-state index contributed by atoms with van der Waals surface area (Å²) in [6, 6.07) is 10.4. The van der Waals surface area contributed by atoms with Gasteiger partial charge < -0.3 is 19.6 Å². The number of aliphatic hydroxyl groups excluding tert-OH is 1. The van der Waals surface area contributed by atoms with Gasteiger partial charge in [0.1, 0.15) is 6.10 Å². The minimum absolute atomic E-state index is 0.0503. The van der Waals surface area contributed by atoms with Crippen LogP contribution in [0.2, 0.25) is 5.02 Å². The van der Waals surface area contributed by atoms with Gasteiger partial charge in [0.25, 0.3) is 15.9 Å². The first-order chi connectivity index (χ1) is 18.6. The van der Waals surface area contributed by atoms with Gasteiger partial charge in [-0.05, 0) is 69.1 Å². The number of benzene rings is 2. The van der Waals surface area contributed by atoms with Crippen molar-refractivity contribution in [2.75, 3.05) is 38.0 Å². The number of carbonyl (C=O) groups excluding carboxylic acids is 1. The monoisotopic (exact) mass is 577 g/mol. The molecule has 1 aliphatic heterocycles. The molecule has 10 heteroatoms. The van der Waals surface area contributed by atoms with Crippen molar-refractivity contribution in [1.29, 1.82) is 0 Å². The molecule has 1 heterocycles. The zero-order valence-corrected chi connectivity index (χ0v) is 24.5. The smallest absolute Gasteiger partial charge is 0.262 e. The van der Waals surface area contributed by atoms with E-state index in [-0.39, 0.29) is 46.4 Å². The molecule has 4 rings (SSSR count). The minimum Gasteiger partial charge on any atom is -0.486 e. The van der Waals surface area contributed by atoms with E-state index < -0.39 is 16.1 Å². The lowest BCUT2D eigenvalue weighted by Gasteiger charge is -2.39. The minimum atomic E-state index is -3.97. The van der Waals surface area contributed by atoms with Crippen molar-refractivity contribution in [2.45, 2.75) is 63.0 Å². The van der Waals surface area contributed by atoms with Gasteiger partial charge in [-0.25, -0.2) is 8.42 Å². The van der Waals surface area contributed by atoms with Crippen molar-refractivity contribution in [2.24, 2.45) is 11.8 Å². The molecular formula is C29H40ClN3O5S. The average molecular weight is 578 g/mol. The maximum atomic E-state index is 13.7. The van der Waals surface area contributed by atoms with Crippen LogP contribution < -0.4 is 9.46 Å². The Labute approximate surface area is 237 Å². The molecule has 2 aromatic rings. The van der Waals surface area contributed by atoms with Crippen molar-refractivity contribution in [3.8, 4) is 5.75 Å². The summed E-state index contributed by atoms with van der Waals surface area (Å²) in [6.07, 6.45) is 6.02. The summed E-state index contributed by atoms with van der Waals surface area (Å²) in [5.74, 6) is 0.498. The van der Waals surface area contributed by atoms with Crippen LogP contribution in [0.15, 0.2) is 47.4 Å². The number of anilines is 1. The molecule has 1 aliphatic carbocycles. The highest BCUT2D eigenvalue weighted by Crippen LogP contribution is 2.36. The van der Waals surface area contributed by atoms with E-state index in [9.17, 15) is 18.3 Å². The second-order valence-electron chi connectivity index (χ2n) is 11.1. The fraction of sp³-hybridized carbons (Fsp3) is 0.552. The molecule has 39 heavy (non-hydrogen) atoms. The van der Waals surface area contributed by atoms with Crippen LogP contribution in [0.5, 0.6) is 5.75 Å². The molecule has 0 radical (unpaired) electrons. The first-order valence-electron chi connectivity index (χ1n) is 13.8. The molecule has 214 valence electrons. The van der Waals surface area contributed by atoms with E-state index in [0.29, 0.717) is 24.0 Å². The fourth-order valence-corrected chi connectivity index (χ4v) is 6.74. The Bertz CT molecular complexity index is 1230. The summed E-state index contributed by atoms with van der Waals surface area (Å²) in [6.45, 7) is 5.69. The SMILES string of the molecule is C[C@@H]1CN([C@@H](C)CO)C(=O)c2cccc(NS(=O)(=O)c3ccc(Cl)cc3)c2O[C@@H]1CN(C)CC1CCCCC1. The highest BCUT2D eigenvalue weighted by Gasteiger charge is 2.35. The van der Waals surface area contributed by atoms with Crippen LogP contribution in [0, 0.1) is 11.8 Å². The van der Waals surface area contributed by atoms with Crippen molar-refractivity contribution >= 4 is 33.2 Å². The molecule has 1 fully saturated rings. The topological polar surface area (TPSA) is 99.2 Å². The summed E-state index contributed by atoms with van der Waals surface area (Å²) >= 11 is 5.95. The fourth-order valence-electron chi connectivity index (χ4n) is 5.55. The Morgan fingerprint density at radius 3 is 2.49 bits per heavy atom. The predicted molar refractivity (Wildman–Crippen MR) is 154 cm³/mol. The van der Waals surface area contributed by atoms with Crippen molar-refractivity contribution in [3.05, 3.63) is 53.1 Å². The molecule has 2 aromatic carbocycles. The van der Waals surface area contributed by atoms with Crippen LogP contribution in [0.4, 0.5) is 5.69 Å². The number of sulfonamides is 1. The van der Waals surface area contributed by atoms with Crippen LogP contribution in [0.25, 0.3) is 0 Å². The Balaban J connectivity index is 1.68. The molecule has 2 N–H and O–H groups in total. The highest BCUT2D eigenvalue weighted by atomic mass is 35.5. The zero-order chi connectivity index (χ0) is 28.2. The molecule has 0 spiro atoms. The van der Waals surface area contributed by atoms with Gasteiger partial charge in [-0.1, -0.05) is 43.9 Å². The highest BCUT2D eigenvalue weighted by molar-refractivity contribution is 7.92. The van der Waals surface area contributed by atoms with E-state index in [0.717, 1.165) is 6.54 Å². The van der Waals surface area contributed by atoms with Gasteiger partial charge in [-0.2, -0.15) is 0 Å². The van der Waals surface area contributed by atoms with Gasteiger partial charge in [0, 0.05) is 30.6 Å². The number of rotatable bonds is 9. The largest absolute Gasteiger partial charge is 0.486 e. The number of nitrogens with one attached hydrogen (secondary N) is 1. The van der Waals surface area contributed by atoms with Crippen LogP contribution >= 0.6 is 11.6 Å². The van der Waals surface area contributed by atoms with Gasteiger partial charge in [0.05, 0.1) is 28.8 Å². The molecule has 0 bridgehead atoms. The third-order valence-corrected chi connectivity index (χ3v) is 9.48. The lowest BCUT2D eigenvalue weighted by molar-refractivity contribution is 0.0333. The van der Waals surface area contributed by atoms with Crippen molar-refractivity contribution < 1.29 is 23.1 Å². The summed E-state index contributed by atoms with van der Waals surface area (Å²) in [5.41, 5.74) is 0.458. The molecule has 0 unspecified atom stereocenters. The average Bonchev–Trinajstić information content (AvgIpc) is 2.91. The summed E-state index contributed by atoms with van der Waals surface area (Å²) < 4.78 is 35.7. The van der Waals surface area contributed by atoms with E-state index in [4.69, 9.17) is 16.3 Å². The number of aliphatic hydroxyl groups is 1. The van der Waals surface area contributed by atoms with E-state index in [2.05, 4.69) is 16.7 Å². The molecule has 8 nitrogen and oxygen atoms in total. The van der Waals surface area contributed by atoms with Gasteiger partial charge in [0.2, 0.25) is 0 Å². The predicted octanol–water partition coefficient (Wildman–Crippen LogP) is 4.87.